The molecule has 0 atom stereocenters. The minimum atomic E-state index is -0.365. The summed E-state index contributed by atoms with van der Waals surface area (Å²) in [6, 6.07) is 10.3. The molecule has 0 aliphatic carbocycles. The van der Waals surface area contributed by atoms with Gasteiger partial charge in [0.15, 0.2) is 0 Å². The van der Waals surface area contributed by atoms with Gasteiger partial charge in [0.2, 0.25) is 5.91 Å². The molecule has 3 rings (SSSR count). The number of para-hydroxylation sites is 1. The Morgan fingerprint density at radius 1 is 1.23 bits per heavy atom. The van der Waals surface area contributed by atoms with Crippen LogP contribution in [-0.4, -0.2) is 54.1 Å². The molecule has 1 aromatic rings. The quantitative estimate of drug-likeness (QED) is 0.799. The largest absolute Gasteiger partial charge is 0.339 e. The molecule has 0 aromatic heterocycles. The first-order chi connectivity index (χ1) is 10.7. The summed E-state index contributed by atoms with van der Waals surface area (Å²) in [7, 11) is 0. The maximum absolute atomic E-state index is 13.1. The normalized spacial score (nSPS) is 21.6. The molecule has 2 aliphatic heterocycles. The zero-order chi connectivity index (χ0) is 15.6. The molecular weight excluding hydrogens is 274 g/mol. The Balaban J connectivity index is 1.92. The fourth-order valence-corrected chi connectivity index (χ4v) is 3.74. The lowest BCUT2D eigenvalue weighted by molar-refractivity contribution is -0.133. The van der Waals surface area contributed by atoms with E-state index < -0.39 is 0 Å². The number of likely N-dealkylation sites (tertiary alicyclic amines) is 1. The first-order valence-electron chi connectivity index (χ1n) is 8.16. The van der Waals surface area contributed by atoms with Gasteiger partial charge in [-0.05, 0) is 31.5 Å². The molecule has 4 nitrogen and oxygen atoms in total. The smallest absolute Gasteiger partial charge is 0.250 e. The summed E-state index contributed by atoms with van der Waals surface area (Å²) >= 11 is 0. The van der Waals surface area contributed by atoms with E-state index >= 15 is 0 Å². The van der Waals surface area contributed by atoms with Crippen molar-refractivity contribution in [2.75, 3.05) is 37.7 Å². The van der Waals surface area contributed by atoms with Crippen molar-refractivity contribution in [3.8, 4) is 0 Å². The monoisotopic (exact) mass is 299 g/mol. The SMILES string of the molecule is C=CCN1CN(c2ccccc2)C2(CCN(CC)CC2)C1=O. The molecule has 22 heavy (non-hydrogen) atoms. The van der Waals surface area contributed by atoms with E-state index in [0.717, 1.165) is 38.2 Å². The first-order valence-corrected chi connectivity index (χ1v) is 8.16. The molecule has 2 aliphatic rings. The van der Waals surface area contributed by atoms with Crippen LogP contribution in [0.4, 0.5) is 5.69 Å². The Morgan fingerprint density at radius 3 is 2.50 bits per heavy atom. The molecule has 2 saturated heterocycles. The number of carbonyl (C=O) groups excluding carboxylic acids is 1. The molecule has 1 spiro atoms. The number of piperidine rings is 1. The van der Waals surface area contributed by atoms with Gasteiger partial charge in [0.1, 0.15) is 5.54 Å². The second kappa shape index (κ2) is 6.13. The standard InChI is InChI=1S/C18H25N3O/c1-3-12-20-15-21(16-8-6-5-7-9-16)18(17(20)22)10-13-19(4-2)14-11-18/h3,5-9H,1,4,10-15H2,2H3. The van der Waals surface area contributed by atoms with Gasteiger partial charge in [0.05, 0.1) is 6.67 Å². The highest BCUT2D eigenvalue weighted by Crippen LogP contribution is 2.39. The van der Waals surface area contributed by atoms with Crippen molar-refractivity contribution in [3.63, 3.8) is 0 Å². The van der Waals surface area contributed by atoms with Crippen molar-refractivity contribution in [2.45, 2.75) is 25.3 Å². The van der Waals surface area contributed by atoms with E-state index in [9.17, 15) is 4.79 Å². The summed E-state index contributed by atoms with van der Waals surface area (Å²) in [4.78, 5) is 19.7. The molecule has 118 valence electrons. The van der Waals surface area contributed by atoms with Crippen molar-refractivity contribution < 1.29 is 4.79 Å². The van der Waals surface area contributed by atoms with Crippen molar-refractivity contribution in [1.29, 1.82) is 0 Å². The van der Waals surface area contributed by atoms with Gasteiger partial charge in [-0.2, -0.15) is 0 Å². The van der Waals surface area contributed by atoms with E-state index in [-0.39, 0.29) is 11.4 Å². The second-order valence-corrected chi connectivity index (χ2v) is 6.19. The molecule has 1 aromatic carbocycles. The molecule has 4 heteroatoms. The third-order valence-electron chi connectivity index (χ3n) is 5.06. The number of hydrogen-bond acceptors (Lipinski definition) is 3. The number of benzene rings is 1. The van der Waals surface area contributed by atoms with Gasteiger partial charge >= 0.3 is 0 Å². The average Bonchev–Trinajstić information content (AvgIpc) is 2.83. The Kier molecular flexibility index (Phi) is 4.21. The predicted octanol–water partition coefficient (Wildman–Crippen LogP) is 2.33. The zero-order valence-electron chi connectivity index (χ0n) is 13.4. The van der Waals surface area contributed by atoms with Gasteiger partial charge in [-0.25, -0.2) is 0 Å². The van der Waals surface area contributed by atoms with Crippen molar-refractivity contribution >= 4 is 11.6 Å². The summed E-state index contributed by atoms with van der Waals surface area (Å²) < 4.78 is 0. The van der Waals surface area contributed by atoms with Crippen LogP contribution in [0, 0.1) is 0 Å². The van der Waals surface area contributed by atoms with Gasteiger partial charge < -0.3 is 14.7 Å². The zero-order valence-corrected chi connectivity index (χ0v) is 13.4. The Hall–Kier alpha value is -1.81. The summed E-state index contributed by atoms with van der Waals surface area (Å²) in [5, 5.41) is 0. The van der Waals surface area contributed by atoms with Crippen LogP contribution < -0.4 is 4.90 Å². The fraction of sp³-hybridized carbons (Fsp3) is 0.500. The Labute approximate surface area is 133 Å². The highest BCUT2D eigenvalue weighted by atomic mass is 16.2. The number of carbonyl (C=O) groups is 1. The van der Waals surface area contributed by atoms with E-state index in [1.807, 2.05) is 29.2 Å². The third kappa shape index (κ3) is 2.41. The van der Waals surface area contributed by atoms with Gasteiger partial charge in [0, 0.05) is 25.3 Å². The Bertz CT molecular complexity index is 535. The minimum Gasteiger partial charge on any atom is -0.339 e. The molecule has 2 heterocycles. The predicted molar refractivity (Wildman–Crippen MR) is 89.8 cm³/mol. The van der Waals surface area contributed by atoms with Crippen LogP contribution >= 0.6 is 0 Å². The van der Waals surface area contributed by atoms with E-state index in [0.29, 0.717) is 13.2 Å². The number of anilines is 1. The van der Waals surface area contributed by atoms with Crippen LogP contribution in [0.2, 0.25) is 0 Å². The maximum atomic E-state index is 13.1. The van der Waals surface area contributed by atoms with Crippen LogP contribution in [0.3, 0.4) is 0 Å². The third-order valence-corrected chi connectivity index (χ3v) is 5.06. The summed E-state index contributed by atoms with van der Waals surface area (Å²) in [5.74, 6) is 0.270. The molecule has 0 saturated carbocycles. The fourth-order valence-electron chi connectivity index (χ4n) is 3.74. The lowest BCUT2D eigenvalue weighted by atomic mass is 9.85. The number of hydrogen-bond donors (Lipinski definition) is 0. The number of rotatable bonds is 4. The summed E-state index contributed by atoms with van der Waals surface area (Å²) in [6.45, 7) is 10.3. The van der Waals surface area contributed by atoms with E-state index in [1.54, 1.807) is 0 Å². The molecule has 0 bridgehead atoms. The van der Waals surface area contributed by atoms with Crippen molar-refractivity contribution in [1.82, 2.24) is 9.80 Å². The van der Waals surface area contributed by atoms with Crippen LogP contribution in [0.5, 0.6) is 0 Å². The maximum Gasteiger partial charge on any atom is 0.250 e. The molecule has 0 radical (unpaired) electrons. The first kappa shape index (κ1) is 15.1. The molecule has 0 unspecified atom stereocenters. The molecule has 1 amide bonds. The minimum absolute atomic E-state index is 0.270. The molecule has 0 N–H and O–H groups in total. The topological polar surface area (TPSA) is 26.8 Å². The van der Waals surface area contributed by atoms with E-state index in [1.165, 1.54) is 0 Å². The van der Waals surface area contributed by atoms with Crippen LogP contribution in [0.25, 0.3) is 0 Å². The second-order valence-electron chi connectivity index (χ2n) is 6.19. The lowest BCUT2D eigenvalue weighted by Crippen LogP contribution is -2.56. The van der Waals surface area contributed by atoms with Gasteiger partial charge in [-0.15, -0.1) is 6.58 Å². The summed E-state index contributed by atoms with van der Waals surface area (Å²) in [5.41, 5.74) is 0.781. The van der Waals surface area contributed by atoms with E-state index in [2.05, 4.69) is 35.4 Å². The highest BCUT2D eigenvalue weighted by molar-refractivity contribution is 5.93. The molecule has 2 fully saturated rings. The summed E-state index contributed by atoms with van der Waals surface area (Å²) in [6.07, 6.45) is 3.63. The van der Waals surface area contributed by atoms with Gasteiger partial charge in [0.25, 0.3) is 0 Å². The lowest BCUT2D eigenvalue weighted by Gasteiger charge is -2.43. The van der Waals surface area contributed by atoms with Crippen molar-refractivity contribution in [3.05, 3.63) is 43.0 Å². The van der Waals surface area contributed by atoms with Crippen LogP contribution in [0.1, 0.15) is 19.8 Å². The van der Waals surface area contributed by atoms with Crippen LogP contribution in [0.15, 0.2) is 43.0 Å². The molecular formula is C18H25N3O. The average molecular weight is 299 g/mol. The Morgan fingerprint density at radius 2 is 1.91 bits per heavy atom. The van der Waals surface area contributed by atoms with Crippen molar-refractivity contribution in [2.24, 2.45) is 0 Å². The number of amides is 1. The van der Waals surface area contributed by atoms with E-state index in [4.69, 9.17) is 0 Å². The van der Waals surface area contributed by atoms with Crippen LogP contribution in [-0.2, 0) is 4.79 Å². The van der Waals surface area contributed by atoms with Gasteiger partial charge in [-0.1, -0.05) is 31.2 Å². The highest BCUT2D eigenvalue weighted by Gasteiger charge is 2.53. The number of nitrogens with zero attached hydrogens (tertiary/aromatic N) is 3. The van der Waals surface area contributed by atoms with Gasteiger partial charge in [-0.3, -0.25) is 4.79 Å².